The van der Waals surface area contributed by atoms with E-state index in [0.29, 0.717) is 6.61 Å². The molecule has 1 atom stereocenters. The van der Waals surface area contributed by atoms with E-state index in [1.165, 1.54) is 24.0 Å². The van der Waals surface area contributed by atoms with Crippen molar-refractivity contribution in [1.82, 2.24) is 4.98 Å². The van der Waals surface area contributed by atoms with E-state index < -0.39 is 0 Å². The van der Waals surface area contributed by atoms with Gasteiger partial charge in [0.15, 0.2) is 0 Å². The van der Waals surface area contributed by atoms with Gasteiger partial charge in [-0.1, -0.05) is 30.3 Å². The summed E-state index contributed by atoms with van der Waals surface area (Å²) >= 11 is 0. The Morgan fingerprint density at radius 1 is 1.24 bits per heavy atom. The van der Waals surface area contributed by atoms with E-state index in [-0.39, 0.29) is 6.10 Å². The third kappa shape index (κ3) is 3.24. The summed E-state index contributed by atoms with van der Waals surface area (Å²) in [6.45, 7) is 3.56. The number of fused-ring (bicyclic) bond motifs is 1. The Morgan fingerprint density at radius 3 is 3.05 bits per heavy atom. The molecule has 21 heavy (non-hydrogen) atoms. The lowest BCUT2D eigenvalue weighted by Crippen LogP contribution is -2.13. The molecule has 3 rings (SSSR count). The van der Waals surface area contributed by atoms with E-state index in [1.54, 1.807) is 0 Å². The molecule has 1 heterocycles. The number of anilines is 1. The van der Waals surface area contributed by atoms with Gasteiger partial charge in [0.2, 0.25) is 0 Å². The van der Waals surface area contributed by atoms with Crippen molar-refractivity contribution in [3.05, 3.63) is 59.3 Å². The van der Waals surface area contributed by atoms with Crippen molar-refractivity contribution < 1.29 is 4.74 Å². The molecule has 0 amide bonds. The lowest BCUT2D eigenvalue weighted by Gasteiger charge is -2.26. The molecule has 1 aliphatic carbocycles. The number of hydrogen-bond acceptors (Lipinski definition) is 3. The fourth-order valence-corrected chi connectivity index (χ4v) is 2.95. The molecule has 0 bridgehead atoms. The van der Waals surface area contributed by atoms with E-state index in [9.17, 15) is 0 Å². The lowest BCUT2D eigenvalue weighted by atomic mass is 9.89. The minimum atomic E-state index is 0.213. The summed E-state index contributed by atoms with van der Waals surface area (Å²) < 4.78 is 6.20. The molecule has 0 aliphatic heterocycles. The van der Waals surface area contributed by atoms with Crippen LogP contribution in [0.25, 0.3) is 0 Å². The van der Waals surface area contributed by atoms with Gasteiger partial charge in [-0.3, -0.25) is 0 Å². The first-order chi connectivity index (χ1) is 10.4. The fourth-order valence-electron chi connectivity index (χ4n) is 2.95. The van der Waals surface area contributed by atoms with Gasteiger partial charge >= 0.3 is 0 Å². The van der Waals surface area contributed by atoms with Crippen LogP contribution in [-0.2, 0) is 17.8 Å². The second kappa shape index (κ2) is 6.72. The highest BCUT2D eigenvalue weighted by Crippen LogP contribution is 2.33. The second-order valence-corrected chi connectivity index (χ2v) is 5.43. The van der Waals surface area contributed by atoms with Crippen molar-refractivity contribution in [2.45, 2.75) is 38.9 Å². The molecule has 0 radical (unpaired) electrons. The average Bonchev–Trinajstić information content (AvgIpc) is 2.54. The van der Waals surface area contributed by atoms with Crippen molar-refractivity contribution in [3.8, 4) is 0 Å². The van der Waals surface area contributed by atoms with Gasteiger partial charge in [-0.15, -0.1) is 0 Å². The van der Waals surface area contributed by atoms with Crippen LogP contribution in [0.3, 0.4) is 0 Å². The van der Waals surface area contributed by atoms with Gasteiger partial charge in [-0.25, -0.2) is 4.98 Å². The van der Waals surface area contributed by atoms with Crippen LogP contribution in [-0.4, -0.2) is 11.5 Å². The van der Waals surface area contributed by atoms with Crippen LogP contribution >= 0.6 is 0 Å². The van der Waals surface area contributed by atoms with Gasteiger partial charge in [0, 0.05) is 18.3 Å². The van der Waals surface area contributed by atoms with Crippen molar-refractivity contribution in [2.75, 3.05) is 11.9 Å². The molecule has 2 aromatic rings. The van der Waals surface area contributed by atoms with Crippen LogP contribution in [0.4, 0.5) is 5.82 Å². The Morgan fingerprint density at radius 2 is 2.14 bits per heavy atom. The predicted molar refractivity (Wildman–Crippen MR) is 85.3 cm³/mol. The molecular formula is C18H22N2O. The summed E-state index contributed by atoms with van der Waals surface area (Å²) in [5.41, 5.74) is 3.92. The molecule has 1 N–H and O–H groups in total. The molecule has 1 aliphatic rings. The van der Waals surface area contributed by atoms with Crippen molar-refractivity contribution in [1.29, 1.82) is 0 Å². The van der Waals surface area contributed by atoms with Gasteiger partial charge in [0.1, 0.15) is 5.82 Å². The number of nitrogens with zero attached hydrogens (tertiary/aromatic N) is 1. The first-order valence-electron chi connectivity index (χ1n) is 7.75. The van der Waals surface area contributed by atoms with Crippen LogP contribution in [0, 0.1) is 0 Å². The summed E-state index contributed by atoms with van der Waals surface area (Å²) in [5.74, 6) is 0.934. The number of hydrogen-bond donors (Lipinski definition) is 1. The van der Waals surface area contributed by atoms with E-state index in [2.05, 4.69) is 47.6 Å². The first-order valence-corrected chi connectivity index (χ1v) is 7.75. The summed E-state index contributed by atoms with van der Waals surface area (Å²) in [7, 11) is 0. The topological polar surface area (TPSA) is 34.2 Å². The Kier molecular flexibility index (Phi) is 4.51. The average molecular weight is 282 g/mol. The number of aromatic nitrogens is 1. The third-order valence-corrected chi connectivity index (χ3v) is 3.99. The molecule has 3 heteroatoms. The minimum absolute atomic E-state index is 0.213. The third-order valence-electron chi connectivity index (χ3n) is 3.99. The summed E-state index contributed by atoms with van der Waals surface area (Å²) in [4.78, 5) is 4.39. The quantitative estimate of drug-likeness (QED) is 0.896. The number of nitrogens with one attached hydrogen (secondary N) is 1. The van der Waals surface area contributed by atoms with Crippen LogP contribution in [0.5, 0.6) is 0 Å². The maximum absolute atomic E-state index is 6.20. The van der Waals surface area contributed by atoms with Crippen LogP contribution in [0.1, 0.15) is 42.6 Å². The maximum Gasteiger partial charge on any atom is 0.131 e. The highest BCUT2D eigenvalue weighted by molar-refractivity contribution is 5.43. The van der Waals surface area contributed by atoms with E-state index in [4.69, 9.17) is 4.74 Å². The van der Waals surface area contributed by atoms with E-state index in [0.717, 1.165) is 24.3 Å². The Hall–Kier alpha value is -1.87. The van der Waals surface area contributed by atoms with Gasteiger partial charge < -0.3 is 10.1 Å². The summed E-state index contributed by atoms with van der Waals surface area (Å²) in [5, 5.41) is 3.29. The molecule has 1 unspecified atom stereocenters. The number of pyridine rings is 1. The number of ether oxygens (including phenoxy) is 1. The molecule has 110 valence electrons. The van der Waals surface area contributed by atoms with Gasteiger partial charge in [0.05, 0.1) is 12.7 Å². The Balaban J connectivity index is 1.72. The number of rotatable bonds is 5. The Labute approximate surface area is 126 Å². The summed E-state index contributed by atoms with van der Waals surface area (Å²) in [6.07, 6.45) is 5.51. The molecule has 0 saturated carbocycles. The Bertz CT molecular complexity index is 597. The highest BCUT2D eigenvalue weighted by atomic mass is 16.5. The van der Waals surface area contributed by atoms with Crippen molar-refractivity contribution >= 4 is 5.82 Å². The molecule has 0 fully saturated rings. The van der Waals surface area contributed by atoms with Gasteiger partial charge in [-0.05, 0) is 43.4 Å². The van der Waals surface area contributed by atoms with Gasteiger partial charge in [0.25, 0.3) is 0 Å². The molecule has 3 nitrogen and oxygen atoms in total. The number of aryl methyl sites for hydroxylation is 1. The standard InChI is InChI=1S/C18H22N2O/c1-2-19-18-15(9-6-12-20-18)13-21-17-11-5-8-14-7-3-4-10-16(14)17/h3-4,6-7,9-10,12,17H,2,5,8,11,13H2,1H3,(H,19,20). The zero-order valence-electron chi connectivity index (χ0n) is 12.5. The largest absolute Gasteiger partial charge is 0.370 e. The monoisotopic (exact) mass is 282 g/mol. The number of benzene rings is 1. The highest BCUT2D eigenvalue weighted by Gasteiger charge is 2.20. The molecule has 1 aromatic carbocycles. The molecule has 0 saturated heterocycles. The van der Waals surface area contributed by atoms with Crippen LogP contribution in [0.15, 0.2) is 42.6 Å². The second-order valence-electron chi connectivity index (χ2n) is 5.43. The smallest absolute Gasteiger partial charge is 0.131 e. The SMILES string of the molecule is CCNc1ncccc1COC1CCCc2ccccc21. The minimum Gasteiger partial charge on any atom is -0.370 e. The zero-order chi connectivity index (χ0) is 14.5. The van der Waals surface area contributed by atoms with Crippen molar-refractivity contribution in [2.24, 2.45) is 0 Å². The van der Waals surface area contributed by atoms with Crippen LogP contribution < -0.4 is 5.32 Å². The van der Waals surface area contributed by atoms with E-state index in [1.807, 2.05) is 12.3 Å². The first kappa shape index (κ1) is 14.1. The van der Waals surface area contributed by atoms with Gasteiger partial charge in [-0.2, -0.15) is 0 Å². The molecule has 0 spiro atoms. The zero-order valence-corrected chi connectivity index (χ0v) is 12.5. The van der Waals surface area contributed by atoms with E-state index >= 15 is 0 Å². The predicted octanol–water partition coefficient (Wildman–Crippen LogP) is 4.11. The maximum atomic E-state index is 6.20. The fraction of sp³-hybridized carbons (Fsp3) is 0.389. The summed E-state index contributed by atoms with van der Waals surface area (Å²) in [6, 6.07) is 12.7. The van der Waals surface area contributed by atoms with Crippen LogP contribution in [0.2, 0.25) is 0 Å². The normalized spacial score (nSPS) is 17.3. The van der Waals surface area contributed by atoms with Crippen molar-refractivity contribution in [3.63, 3.8) is 0 Å². The lowest BCUT2D eigenvalue weighted by molar-refractivity contribution is 0.0284. The molecule has 1 aromatic heterocycles. The molecular weight excluding hydrogens is 260 g/mol.